The first-order chi connectivity index (χ1) is 9.08. The van der Waals surface area contributed by atoms with Crippen molar-refractivity contribution in [1.82, 2.24) is 4.98 Å². The summed E-state index contributed by atoms with van der Waals surface area (Å²) in [5.74, 6) is -0.294. The average Bonchev–Trinajstić information content (AvgIpc) is 2.39. The molecule has 4 nitrogen and oxygen atoms in total. The Kier molecular flexibility index (Phi) is 4.14. The Hall–Kier alpha value is -1.91. The number of halogens is 1. The third-order valence-electron chi connectivity index (χ3n) is 2.65. The predicted octanol–water partition coefficient (Wildman–Crippen LogP) is 3.04. The minimum absolute atomic E-state index is 0.294. The molecule has 5 heteroatoms. The fraction of sp³-hybridized carbons (Fsp3) is 0.143. The third-order valence-corrected chi connectivity index (χ3v) is 2.87. The molecule has 2 rings (SSSR count). The maximum atomic E-state index is 12.0. The summed E-state index contributed by atoms with van der Waals surface area (Å²) in [6.45, 7) is 1.65. The monoisotopic (exact) mass is 276 g/mol. The van der Waals surface area contributed by atoms with E-state index in [-0.39, 0.29) is 5.91 Å². The molecule has 2 aromatic rings. The molecule has 19 heavy (non-hydrogen) atoms. The molecule has 0 fully saturated rings. The van der Waals surface area contributed by atoms with E-state index in [1.54, 1.807) is 37.3 Å². The number of hydrogen-bond acceptors (Lipinski definition) is 3. The Morgan fingerprint density at radius 2 is 2.05 bits per heavy atom. The van der Waals surface area contributed by atoms with Gasteiger partial charge in [-0.3, -0.25) is 4.79 Å². The lowest BCUT2D eigenvalue weighted by molar-refractivity contribution is 0.102. The van der Waals surface area contributed by atoms with Crippen molar-refractivity contribution in [1.29, 1.82) is 0 Å². The summed E-state index contributed by atoms with van der Waals surface area (Å²) in [5.41, 5.74) is 1.65. The Labute approximate surface area is 116 Å². The Morgan fingerprint density at radius 1 is 1.32 bits per heavy atom. The van der Waals surface area contributed by atoms with E-state index in [1.165, 1.54) is 6.20 Å². The highest BCUT2D eigenvalue weighted by Gasteiger charge is 2.11. The molecule has 0 spiro atoms. The number of aromatic nitrogens is 1. The van der Waals surface area contributed by atoms with E-state index in [0.29, 0.717) is 22.0 Å². The Bertz CT molecular complexity index is 582. The largest absolute Gasteiger partial charge is 0.389 e. The van der Waals surface area contributed by atoms with E-state index in [4.69, 9.17) is 11.6 Å². The van der Waals surface area contributed by atoms with Gasteiger partial charge < -0.3 is 10.4 Å². The first-order valence-electron chi connectivity index (χ1n) is 5.78. The fourth-order valence-electron chi connectivity index (χ4n) is 1.68. The molecular weight excluding hydrogens is 264 g/mol. The lowest BCUT2D eigenvalue weighted by Crippen LogP contribution is -2.14. The van der Waals surface area contributed by atoms with Crippen LogP contribution in [0, 0.1) is 0 Å². The minimum atomic E-state index is -0.653. The van der Waals surface area contributed by atoms with Crippen LogP contribution in [0.5, 0.6) is 0 Å². The molecule has 2 N–H and O–H groups in total. The van der Waals surface area contributed by atoms with Crippen molar-refractivity contribution in [2.75, 3.05) is 5.32 Å². The zero-order valence-electron chi connectivity index (χ0n) is 10.3. The quantitative estimate of drug-likeness (QED) is 0.847. The molecule has 1 amide bonds. The molecule has 0 radical (unpaired) electrons. The van der Waals surface area contributed by atoms with E-state index >= 15 is 0 Å². The lowest BCUT2D eigenvalue weighted by Gasteiger charge is -2.12. The highest BCUT2D eigenvalue weighted by molar-refractivity contribution is 6.29. The third kappa shape index (κ3) is 3.30. The maximum absolute atomic E-state index is 12.0. The number of amides is 1. The van der Waals surface area contributed by atoms with Crippen LogP contribution in [-0.4, -0.2) is 16.0 Å². The van der Waals surface area contributed by atoms with Crippen molar-refractivity contribution in [2.24, 2.45) is 0 Å². The standard InChI is InChI=1S/C14H13ClN2O2/c1-9(18)11-4-2-3-5-12(11)17-14(19)10-6-7-13(15)16-8-10/h2-9,18H,1H3,(H,17,19). The summed E-state index contributed by atoms with van der Waals surface area (Å²) >= 11 is 5.67. The molecule has 0 bridgehead atoms. The van der Waals surface area contributed by atoms with E-state index in [1.807, 2.05) is 6.07 Å². The second-order valence-corrected chi connectivity index (χ2v) is 4.47. The topological polar surface area (TPSA) is 62.2 Å². The number of nitrogens with zero attached hydrogens (tertiary/aromatic N) is 1. The lowest BCUT2D eigenvalue weighted by atomic mass is 10.1. The number of benzene rings is 1. The zero-order chi connectivity index (χ0) is 13.8. The van der Waals surface area contributed by atoms with Gasteiger partial charge in [-0.1, -0.05) is 29.8 Å². The molecule has 1 aromatic carbocycles. The molecule has 1 atom stereocenters. The molecule has 0 aliphatic rings. The summed E-state index contributed by atoms with van der Waals surface area (Å²) < 4.78 is 0. The van der Waals surface area contributed by atoms with Gasteiger partial charge in [0.2, 0.25) is 0 Å². The number of pyridine rings is 1. The van der Waals surface area contributed by atoms with Crippen LogP contribution in [0.25, 0.3) is 0 Å². The second-order valence-electron chi connectivity index (χ2n) is 4.09. The summed E-state index contributed by atoms with van der Waals surface area (Å²) in [6.07, 6.45) is 0.752. The van der Waals surface area contributed by atoms with Crippen LogP contribution in [0.15, 0.2) is 42.6 Å². The SMILES string of the molecule is CC(O)c1ccccc1NC(=O)c1ccc(Cl)nc1. The van der Waals surface area contributed by atoms with Crippen LogP contribution >= 0.6 is 11.6 Å². The van der Waals surface area contributed by atoms with Crippen LogP contribution in [-0.2, 0) is 0 Å². The number of carbonyl (C=O) groups excluding carboxylic acids is 1. The number of anilines is 1. The van der Waals surface area contributed by atoms with Crippen LogP contribution in [0.1, 0.15) is 28.9 Å². The molecule has 0 aliphatic carbocycles. The first-order valence-corrected chi connectivity index (χ1v) is 6.15. The molecule has 1 heterocycles. The highest BCUT2D eigenvalue weighted by Crippen LogP contribution is 2.22. The molecule has 1 aromatic heterocycles. The number of para-hydroxylation sites is 1. The van der Waals surface area contributed by atoms with Crippen LogP contribution in [0.2, 0.25) is 5.15 Å². The van der Waals surface area contributed by atoms with E-state index in [2.05, 4.69) is 10.3 Å². The van der Waals surface area contributed by atoms with Gasteiger partial charge in [-0.25, -0.2) is 4.98 Å². The van der Waals surface area contributed by atoms with Crippen LogP contribution < -0.4 is 5.32 Å². The van der Waals surface area contributed by atoms with Gasteiger partial charge in [0.05, 0.1) is 11.7 Å². The predicted molar refractivity (Wildman–Crippen MR) is 74.3 cm³/mol. The maximum Gasteiger partial charge on any atom is 0.257 e. The highest BCUT2D eigenvalue weighted by atomic mass is 35.5. The van der Waals surface area contributed by atoms with Gasteiger partial charge in [0.1, 0.15) is 5.15 Å². The summed E-state index contributed by atoms with van der Waals surface area (Å²) in [4.78, 5) is 15.9. The number of hydrogen-bond donors (Lipinski definition) is 2. The normalized spacial score (nSPS) is 11.9. The number of aliphatic hydroxyl groups is 1. The van der Waals surface area contributed by atoms with Crippen molar-refractivity contribution in [3.8, 4) is 0 Å². The summed E-state index contributed by atoms with van der Waals surface area (Å²) in [5, 5.41) is 12.7. The number of nitrogens with one attached hydrogen (secondary N) is 1. The molecular formula is C14H13ClN2O2. The fourth-order valence-corrected chi connectivity index (χ4v) is 1.79. The van der Waals surface area contributed by atoms with Gasteiger partial charge in [0.25, 0.3) is 5.91 Å². The second kappa shape index (κ2) is 5.82. The van der Waals surface area contributed by atoms with E-state index < -0.39 is 6.10 Å². The van der Waals surface area contributed by atoms with Gasteiger partial charge in [-0.15, -0.1) is 0 Å². The zero-order valence-corrected chi connectivity index (χ0v) is 11.1. The van der Waals surface area contributed by atoms with Crippen molar-refractivity contribution in [3.05, 3.63) is 58.9 Å². The van der Waals surface area contributed by atoms with Crippen molar-refractivity contribution in [2.45, 2.75) is 13.0 Å². The average molecular weight is 277 g/mol. The first kappa shape index (κ1) is 13.5. The molecule has 98 valence electrons. The van der Waals surface area contributed by atoms with Gasteiger partial charge in [0, 0.05) is 17.4 Å². The summed E-state index contributed by atoms with van der Waals surface area (Å²) in [7, 11) is 0. The molecule has 0 saturated heterocycles. The number of rotatable bonds is 3. The molecule has 0 aliphatic heterocycles. The van der Waals surface area contributed by atoms with Crippen molar-refractivity contribution >= 4 is 23.2 Å². The molecule has 1 unspecified atom stereocenters. The summed E-state index contributed by atoms with van der Waals surface area (Å²) in [6, 6.07) is 10.2. The van der Waals surface area contributed by atoms with Gasteiger partial charge in [0.15, 0.2) is 0 Å². The number of carbonyl (C=O) groups is 1. The number of aliphatic hydroxyl groups excluding tert-OH is 1. The van der Waals surface area contributed by atoms with Gasteiger partial charge >= 0.3 is 0 Å². The van der Waals surface area contributed by atoms with E-state index in [9.17, 15) is 9.90 Å². The van der Waals surface area contributed by atoms with Crippen LogP contribution in [0.4, 0.5) is 5.69 Å². The van der Waals surface area contributed by atoms with Crippen molar-refractivity contribution in [3.63, 3.8) is 0 Å². The Balaban J connectivity index is 2.22. The minimum Gasteiger partial charge on any atom is -0.389 e. The van der Waals surface area contributed by atoms with Crippen LogP contribution in [0.3, 0.4) is 0 Å². The smallest absolute Gasteiger partial charge is 0.257 e. The van der Waals surface area contributed by atoms with E-state index in [0.717, 1.165) is 0 Å². The van der Waals surface area contributed by atoms with Gasteiger partial charge in [-0.05, 0) is 25.1 Å². The Morgan fingerprint density at radius 3 is 2.68 bits per heavy atom. The van der Waals surface area contributed by atoms with Gasteiger partial charge in [-0.2, -0.15) is 0 Å². The van der Waals surface area contributed by atoms with Crippen molar-refractivity contribution < 1.29 is 9.90 Å². The molecule has 0 saturated carbocycles.